The molecule has 0 saturated carbocycles. The summed E-state index contributed by atoms with van der Waals surface area (Å²) in [5, 5.41) is 7.24. The number of piperidine rings is 1. The van der Waals surface area contributed by atoms with Crippen molar-refractivity contribution in [2.75, 3.05) is 5.32 Å². The van der Waals surface area contributed by atoms with E-state index < -0.39 is 0 Å². The first-order valence-electron chi connectivity index (χ1n) is 10.6. The Balaban J connectivity index is 1.28. The predicted molar refractivity (Wildman–Crippen MR) is 113 cm³/mol. The van der Waals surface area contributed by atoms with Crippen molar-refractivity contribution in [3.63, 3.8) is 0 Å². The van der Waals surface area contributed by atoms with E-state index in [9.17, 15) is 4.79 Å². The smallest absolute Gasteiger partial charge is 0.322 e. The second-order valence-corrected chi connectivity index (χ2v) is 8.14. The first kappa shape index (κ1) is 18.8. The van der Waals surface area contributed by atoms with Crippen molar-refractivity contribution in [3.8, 4) is 11.4 Å². The molecule has 30 heavy (non-hydrogen) atoms. The average molecular weight is 403 g/mol. The molecule has 7 heteroatoms. The number of hydrogen-bond donors (Lipinski definition) is 1. The molecule has 2 aliphatic heterocycles. The van der Waals surface area contributed by atoms with Gasteiger partial charge in [0.15, 0.2) is 0 Å². The van der Waals surface area contributed by atoms with Gasteiger partial charge in [-0.15, -0.1) is 0 Å². The predicted octanol–water partition coefficient (Wildman–Crippen LogP) is 4.64. The summed E-state index contributed by atoms with van der Waals surface area (Å²) in [5.74, 6) is 1.43. The number of anilines is 1. The number of fused-ring (bicyclic) bond motifs is 2. The van der Waals surface area contributed by atoms with E-state index >= 15 is 0 Å². The summed E-state index contributed by atoms with van der Waals surface area (Å²) in [6.45, 7) is 2.11. The Labute approximate surface area is 175 Å². The van der Waals surface area contributed by atoms with Gasteiger partial charge in [0.2, 0.25) is 11.7 Å². The number of pyridine rings is 1. The minimum absolute atomic E-state index is 0.00391. The van der Waals surface area contributed by atoms with E-state index in [1.54, 1.807) is 12.4 Å². The Kier molecular flexibility index (Phi) is 4.94. The van der Waals surface area contributed by atoms with Crippen LogP contribution in [0.15, 0.2) is 53.3 Å². The van der Waals surface area contributed by atoms with Crippen LogP contribution in [0.3, 0.4) is 0 Å². The molecule has 2 aromatic heterocycles. The molecule has 1 aromatic carbocycles. The van der Waals surface area contributed by atoms with Crippen molar-refractivity contribution in [1.29, 1.82) is 0 Å². The molecule has 2 bridgehead atoms. The minimum Gasteiger partial charge on any atom is -0.339 e. The Hall–Kier alpha value is -3.22. The van der Waals surface area contributed by atoms with Crippen LogP contribution in [0.2, 0.25) is 0 Å². The first-order valence-corrected chi connectivity index (χ1v) is 10.6. The molecule has 3 aromatic rings. The number of aromatic nitrogens is 3. The van der Waals surface area contributed by atoms with Crippen molar-refractivity contribution in [2.24, 2.45) is 0 Å². The Bertz CT molecular complexity index is 1020. The first-order chi connectivity index (χ1) is 14.7. The molecule has 7 nitrogen and oxygen atoms in total. The van der Waals surface area contributed by atoms with Gasteiger partial charge in [-0.05, 0) is 61.9 Å². The van der Waals surface area contributed by atoms with Crippen LogP contribution in [0.1, 0.15) is 50.0 Å². The van der Waals surface area contributed by atoms with Crippen LogP contribution in [-0.4, -0.2) is 38.1 Å². The van der Waals surface area contributed by atoms with Crippen molar-refractivity contribution in [1.82, 2.24) is 20.0 Å². The molecule has 1 N–H and O–H groups in total. The van der Waals surface area contributed by atoms with Gasteiger partial charge in [-0.1, -0.05) is 24.2 Å². The van der Waals surface area contributed by atoms with Gasteiger partial charge < -0.3 is 14.7 Å². The van der Waals surface area contributed by atoms with Gasteiger partial charge in [0.25, 0.3) is 0 Å². The molecule has 0 aliphatic carbocycles. The molecular formula is C23H25N5O2. The van der Waals surface area contributed by atoms with E-state index in [1.165, 1.54) is 5.56 Å². The fourth-order valence-corrected chi connectivity index (χ4v) is 4.78. The number of aryl methyl sites for hydroxylation is 1. The van der Waals surface area contributed by atoms with Crippen LogP contribution in [0, 0.1) is 0 Å². The molecule has 154 valence electrons. The summed E-state index contributed by atoms with van der Waals surface area (Å²) < 4.78 is 5.59. The lowest BCUT2D eigenvalue weighted by Crippen LogP contribution is -2.48. The van der Waals surface area contributed by atoms with Gasteiger partial charge in [0, 0.05) is 41.6 Å². The third kappa shape index (κ3) is 3.56. The largest absolute Gasteiger partial charge is 0.339 e. The lowest BCUT2D eigenvalue weighted by Gasteiger charge is -2.37. The Morgan fingerprint density at radius 1 is 1.20 bits per heavy atom. The molecule has 5 rings (SSSR count). The van der Waals surface area contributed by atoms with E-state index in [0.29, 0.717) is 11.7 Å². The van der Waals surface area contributed by atoms with Crippen LogP contribution >= 0.6 is 0 Å². The van der Waals surface area contributed by atoms with Gasteiger partial charge in [-0.2, -0.15) is 4.98 Å². The maximum Gasteiger partial charge on any atom is 0.322 e. The highest BCUT2D eigenvalue weighted by atomic mass is 16.5. The third-order valence-electron chi connectivity index (χ3n) is 6.26. The highest BCUT2D eigenvalue weighted by molar-refractivity contribution is 5.90. The third-order valence-corrected chi connectivity index (χ3v) is 6.26. The number of hydrogen-bond acceptors (Lipinski definition) is 5. The molecule has 2 amide bonds. The molecule has 2 saturated heterocycles. The Morgan fingerprint density at radius 3 is 2.77 bits per heavy atom. The molecule has 2 aliphatic rings. The standard InChI is InChI=1S/C23H25N5O2/c1-2-15-5-3-7-18(11-15)25-23(29)28-19-8-9-20(28)13-17(12-19)22-26-21(27-30-22)16-6-4-10-24-14-16/h3-7,10-11,14,17,19-20H,2,8-9,12-13H2,1H3,(H,25,29). The van der Waals surface area contributed by atoms with Gasteiger partial charge in [0.05, 0.1) is 0 Å². The van der Waals surface area contributed by atoms with Gasteiger partial charge in [-0.3, -0.25) is 4.98 Å². The lowest BCUT2D eigenvalue weighted by atomic mass is 9.91. The fraction of sp³-hybridized carbons (Fsp3) is 0.391. The van der Waals surface area contributed by atoms with Crippen molar-refractivity contribution < 1.29 is 9.32 Å². The molecule has 4 heterocycles. The summed E-state index contributed by atoms with van der Waals surface area (Å²) in [4.78, 5) is 23.8. The van der Waals surface area contributed by atoms with Crippen molar-refractivity contribution in [3.05, 3.63) is 60.2 Å². The topological polar surface area (TPSA) is 84.2 Å². The second-order valence-electron chi connectivity index (χ2n) is 8.14. The summed E-state index contributed by atoms with van der Waals surface area (Å²) in [6.07, 6.45) is 8.16. The van der Waals surface area contributed by atoms with Crippen molar-refractivity contribution in [2.45, 2.75) is 57.0 Å². The number of rotatable bonds is 4. The number of amides is 2. The van der Waals surface area contributed by atoms with Crippen LogP contribution < -0.4 is 5.32 Å². The fourth-order valence-electron chi connectivity index (χ4n) is 4.78. The van der Waals surface area contributed by atoms with E-state index in [2.05, 4.69) is 33.4 Å². The zero-order valence-electron chi connectivity index (χ0n) is 17.0. The highest BCUT2D eigenvalue weighted by Crippen LogP contribution is 2.43. The zero-order valence-corrected chi connectivity index (χ0v) is 17.0. The summed E-state index contributed by atoms with van der Waals surface area (Å²) in [5.41, 5.74) is 2.93. The summed E-state index contributed by atoms with van der Waals surface area (Å²) in [7, 11) is 0. The second kappa shape index (κ2) is 7.89. The zero-order chi connectivity index (χ0) is 20.5. The molecule has 2 fully saturated rings. The maximum atomic E-state index is 13.0. The SMILES string of the molecule is CCc1cccc(NC(=O)N2C3CCC2CC(c2nc(-c4cccnc4)no2)C3)c1. The molecular weight excluding hydrogens is 378 g/mol. The van der Waals surface area contributed by atoms with Gasteiger partial charge >= 0.3 is 6.03 Å². The van der Waals surface area contributed by atoms with Crippen LogP contribution in [-0.2, 0) is 6.42 Å². The number of nitrogens with one attached hydrogen (secondary N) is 1. The average Bonchev–Trinajstić information content (AvgIpc) is 3.37. The monoisotopic (exact) mass is 403 g/mol. The molecule has 2 atom stereocenters. The van der Waals surface area contributed by atoms with E-state index in [4.69, 9.17) is 4.52 Å². The quantitative estimate of drug-likeness (QED) is 0.686. The lowest BCUT2D eigenvalue weighted by molar-refractivity contribution is 0.140. The van der Waals surface area contributed by atoms with Gasteiger partial charge in [0.1, 0.15) is 0 Å². The van der Waals surface area contributed by atoms with E-state index in [0.717, 1.165) is 43.4 Å². The van der Waals surface area contributed by atoms with E-state index in [-0.39, 0.29) is 24.0 Å². The van der Waals surface area contributed by atoms with E-state index in [1.807, 2.05) is 35.2 Å². The van der Waals surface area contributed by atoms with Crippen molar-refractivity contribution >= 4 is 11.7 Å². The molecule has 0 spiro atoms. The summed E-state index contributed by atoms with van der Waals surface area (Å²) >= 11 is 0. The normalized spacial score (nSPS) is 22.8. The summed E-state index contributed by atoms with van der Waals surface area (Å²) in [6, 6.07) is 12.3. The Morgan fingerprint density at radius 2 is 2.03 bits per heavy atom. The van der Waals surface area contributed by atoms with Gasteiger partial charge in [-0.25, -0.2) is 4.79 Å². The number of carbonyl (C=O) groups excluding carboxylic acids is 1. The number of nitrogens with zero attached hydrogens (tertiary/aromatic N) is 4. The highest BCUT2D eigenvalue weighted by Gasteiger charge is 2.45. The van der Waals surface area contributed by atoms with Crippen LogP contribution in [0.4, 0.5) is 10.5 Å². The van der Waals surface area contributed by atoms with Crippen LogP contribution in [0.5, 0.6) is 0 Å². The molecule has 0 radical (unpaired) electrons. The van der Waals surface area contributed by atoms with Crippen LogP contribution in [0.25, 0.3) is 11.4 Å². The number of urea groups is 1. The number of carbonyl (C=O) groups is 1. The molecule has 2 unspecified atom stereocenters. The maximum absolute atomic E-state index is 13.0. The minimum atomic E-state index is -0.00391. The number of benzene rings is 1.